The van der Waals surface area contributed by atoms with Gasteiger partial charge >= 0.3 is 11.9 Å². The number of aliphatic carboxylic acids is 2. The highest BCUT2D eigenvalue weighted by molar-refractivity contribution is 6.27. The molecule has 6 nitrogen and oxygen atoms in total. The van der Waals surface area contributed by atoms with Crippen LogP contribution in [0.2, 0.25) is 0 Å². The van der Waals surface area contributed by atoms with Crippen LogP contribution in [0.4, 0.5) is 0 Å². The SMILES string of the molecule is CC(CN1CCOCC1)c1ccccc1.O=C(O)C(=O)O. The fourth-order valence-corrected chi connectivity index (χ4v) is 2.06. The van der Waals surface area contributed by atoms with Crippen LogP contribution >= 0.6 is 0 Å². The normalized spacial score (nSPS) is 16.4. The molecule has 0 bridgehead atoms. The molecule has 1 aliphatic heterocycles. The Kier molecular flexibility index (Phi) is 7.42. The zero-order valence-corrected chi connectivity index (χ0v) is 12.1. The summed E-state index contributed by atoms with van der Waals surface area (Å²) in [6.45, 7) is 7.38. The lowest BCUT2D eigenvalue weighted by atomic mass is 10.0. The average molecular weight is 295 g/mol. The fraction of sp³-hybridized carbons (Fsp3) is 0.467. The molecule has 0 amide bonds. The Bertz CT molecular complexity index is 431. The minimum Gasteiger partial charge on any atom is -0.473 e. The number of carboxylic acid groups (broad SMARTS) is 2. The lowest BCUT2D eigenvalue weighted by Crippen LogP contribution is -2.38. The Balaban J connectivity index is 0.000000315. The molecule has 0 spiro atoms. The number of carbonyl (C=O) groups is 2. The molecular formula is C15H21NO5. The van der Waals surface area contributed by atoms with Gasteiger partial charge in [0.1, 0.15) is 0 Å². The number of nitrogens with zero attached hydrogens (tertiary/aromatic N) is 1. The van der Waals surface area contributed by atoms with Gasteiger partial charge in [0, 0.05) is 19.6 Å². The zero-order chi connectivity index (χ0) is 15.7. The second kappa shape index (κ2) is 9.10. The van der Waals surface area contributed by atoms with Crippen LogP contribution in [0.5, 0.6) is 0 Å². The molecular weight excluding hydrogens is 274 g/mol. The average Bonchev–Trinajstić information content (AvgIpc) is 2.49. The van der Waals surface area contributed by atoms with E-state index < -0.39 is 11.9 Å². The molecule has 1 heterocycles. The van der Waals surface area contributed by atoms with Gasteiger partial charge in [-0.1, -0.05) is 37.3 Å². The lowest BCUT2D eigenvalue weighted by molar-refractivity contribution is -0.159. The fourth-order valence-electron chi connectivity index (χ4n) is 2.06. The van der Waals surface area contributed by atoms with Gasteiger partial charge in [0.25, 0.3) is 0 Å². The first-order chi connectivity index (χ1) is 10.0. The number of morpholine rings is 1. The lowest BCUT2D eigenvalue weighted by Gasteiger charge is -2.29. The number of hydrogen-bond acceptors (Lipinski definition) is 4. The summed E-state index contributed by atoms with van der Waals surface area (Å²) < 4.78 is 5.35. The van der Waals surface area contributed by atoms with Crippen molar-refractivity contribution in [2.24, 2.45) is 0 Å². The summed E-state index contributed by atoms with van der Waals surface area (Å²) >= 11 is 0. The van der Waals surface area contributed by atoms with Gasteiger partial charge in [0.05, 0.1) is 13.2 Å². The summed E-state index contributed by atoms with van der Waals surface area (Å²) in [6, 6.07) is 10.7. The second-order valence-corrected chi connectivity index (χ2v) is 4.84. The molecule has 1 unspecified atom stereocenters. The van der Waals surface area contributed by atoms with Crippen LogP contribution in [0.1, 0.15) is 18.4 Å². The number of carboxylic acids is 2. The molecule has 2 N–H and O–H groups in total. The van der Waals surface area contributed by atoms with Crippen molar-refractivity contribution in [1.29, 1.82) is 0 Å². The van der Waals surface area contributed by atoms with Crippen LogP contribution < -0.4 is 0 Å². The van der Waals surface area contributed by atoms with E-state index in [1.807, 2.05) is 0 Å². The first kappa shape index (κ1) is 17.1. The summed E-state index contributed by atoms with van der Waals surface area (Å²) in [5.74, 6) is -3.03. The van der Waals surface area contributed by atoms with Crippen LogP contribution in [0.25, 0.3) is 0 Å². The highest BCUT2D eigenvalue weighted by atomic mass is 16.5. The van der Waals surface area contributed by atoms with Gasteiger partial charge in [-0.2, -0.15) is 0 Å². The molecule has 1 aromatic carbocycles. The predicted molar refractivity (Wildman–Crippen MR) is 77.4 cm³/mol. The van der Waals surface area contributed by atoms with Crippen LogP contribution in [-0.4, -0.2) is 59.9 Å². The van der Waals surface area contributed by atoms with E-state index in [-0.39, 0.29) is 0 Å². The van der Waals surface area contributed by atoms with E-state index in [2.05, 4.69) is 42.2 Å². The molecule has 0 aromatic heterocycles. The molecule has 1 aliphatic rings. The second-order valence-electron chi connectivity index (χ2n) is 4.84. The third-order valence-electron chi connectivity index (χ3n) is 3.19. The monoisotopic (exact) mass is 295 g/mol. The van der Waals surface area contributed by atoms with Gasteiger partial charge in [-0.15, -0.1) is 0 Å². The molecule has 1 fully saturated rings. The van der Waals surface area contributed by atoms with Gasteiger partial charge in [0.15, 0.2) is 0 Å². The van der Waals surface area contributed by atoms with Crippen molar-refractivity contribution in [3.05, 3.63) is 35.9 Å². The summed E-state index contributed by atoms with van der Waals surface area (Å²) in [6.07, 6.45) is 0. The number of benzene rings is 1. The van der Waals surface area contributed by atoms with Gasteiger partial charge in [-0.05, 0) is 11.5 Å². The maximum Gasteiger partial charge on any atom is 0.414 e. The van der Waals surface area contributed by atoms with Crippen LogP contribution in [0.3, 0.4) is 0 Å². The van der Waals surface area contributed by atoms with Crippen molar-refractivity contribution in [3.63, 3.8) is 0 Å². The molecule has 6 heteroatoms. The molecule has 0 saturated carbocycles. The van der Waals surface area contributed by atoms with E-state index in [1.165, 1.54) is 5.56 Å². The van der Waals surface area contributed by atoms with Gasteiger partial charge in [-0.25, -0.2) is 9.59 Å². The van der Waals surface area contributed by atoms with Crippen molar-refractivity contribution in [2.75, 3.05) is 32.8 Å². The summed E-state index contributed by atoms with van der Waals surface area (Å²) in [5, 5.41) is 14.8. The Morgan fingerprint density at radius 1 is 1.14 bits per heavy atom. The van der Waals surface area contributed by atoms with E-state index in [1.54, 1.807) is 0 Å². The van der Waals surface area contributed by atoms with Gasteiger partial charge in [0.2, 0.25) is 0 Å². The third-order valence-corrected chi connectivity index (χ3v) is 3.19. The van der Waals surface area contributed by atoms with Gasteiger partial charge < -0.3 is 14.9 Å². The third kappa shape index (κ3) is 6.87. The minimum atomic E-state index is -1.82. The quantitative estimate of drug-likeness (QED) is 0.817. The van der Waals surface area contributed by atoms with Crippen molar-refractivity contribution >= 4 is 11.9 Å². The van der Waals surface area contributed by atoms with Crippen molar-refractivity contribution in [2.45, 2.75) is 12.8 Å². The molecule has 2 rings (SSSR count). The number of rotatable bonds is 3. The van der Waals surface area contributed by atoms with E-state index in [9.17, 15) is 0 Å². The van der Waals surface area contributed by atoms with E-state index in [0.717, 1.165) is 32.8 Å². The molecule has 1 atom stereocenters. The number of ether oxygens (including phenoxy) is 1. The van der Waals surface area contributed by atoms with Crippen molar-refractivity contribution in [3.8, 4) is 0 Å². The highest BCUT2D eigenvalue weighted by Crippen LogP contribution is 2.16. The molecule has 0 aliphatic carbocycles. The minimum absolute atomic E-state index is 0.615. The summed E-state index contributed by atoms with van der Waals surface area (Å²) in [4.78, 5) is 20.7. The van der Waals surface area contributed by atoms with Crippen LogP contribution in [0, 0.1) is 0 Å². The maximum atomic E-state index is 9.10. The highest BCUT2D eigenvalue weighted by Gasteiger charge is 2.14. The Morgan fingerprint density at radius 3 is 2.14 bits per heavy atom. The Hall–Kier alpha value is -1.92. The largest absolute Gasteiger partial charge is 0.473 e. The summed E-state index contributed by atoms with van der Waals surface area (Å²) in [5.41, 5.74) is 1.43. The molecule has 21 heavy (non-hydrogen) atoms. The summed E-state index contributed by atoms with van der Waals surface area (Å²) in [7, 11) is 0. The van der Waals surface area contributed by atoms with Crippen molar-refractivity contribution in [1.82, 2.24) is 4.90 Å². The topological polar surface area (TPSA) is 87.1 Å². The Labute approximate surface area is 124 Å². The van der Waals surface area contributed by atoms with Crippen LogP contribution in [-0.2, 0) is 14.3 Å². The van der Waals surface area contributed by atoms with E-state index in [4.69, 9.17) is 24.5 Å². The van der Waals surface area contributed by atoms with Crippen molar-refractivity contribution < 1.29 is 24.5 Å². The van der Waals surface area contributed by atoms with Crippen LogP contribution in [0.15, 0.2) is 30.3 Å². The smallest absolute Gasteiger partial charge is 0.414 e. The van der Waals surface area contributed by atoms with E-state index >= 15 is 0 Å². The van der Waals surface area contributed by atoms with E-state index in [0.29, 0.717) is 5.92 Å². The molecule has 0 radical (unpaired) electrons. The zero-order valence-electron chi connectivity index (χ0n) is 12.1. The maximum absolute atomic E-state index is 9.10. The first-order valence-electron chi connectivity index (χ1n) is 6.82. The van der Waals surface area contributed by atoms with Gasteiger partial charge in [-0.3, -0.25) is 4.90 Å². The molecule has 1 aromatic rings. The molecule has 116 valence electrons. The predicted octanol–water partition coefficient (Wildman–Crippen LogP) is 1.28. The Morgan fingerprint density at radius 2 is 1.67 bits per heavy atom. The number of hydrogen-bond donors (Lipinski definition) is 2. The standard InChI is InChI=1S/C13H19NO.C2H2O4/c1-12(13-5-3-2-4-6-13)11-14-7-9-15-10-8-14;3-1(4)2(5)6/h2-6,12H,7-11H2,1H3;(H,3,4)(H,5,6). The first-order valence-corrected chi connectivity index (χ1v) is 6.82. The molecule has 1 saturated heterocycles.